The Morgan fingerprint density at radius 3 is 1.48 bits per heavy atom. The van der Waals surface area contributed by atoms with Gasteiger partial charge in [0.05, 0.1) is 22.1 Å². The smallest absolute Gasteiger partial charge is 0.0619 e. The number of aromatic nitrogens is 2. The third kappa shape index (κ3) is 5.17. The predicted octanol–water partition coefficient (Wildman–Crippen LogP) is 16.3. The maximum atomic E-state index is 2.51. The van der Waals surface area contributed by atoms with Crippen LogP contribution in [0.5, 0.6) is 0 Å². The number of para-hydroxylation sites is 2. The van der Waals surface area contributed by atoms with Gasteiger partial charge in [0.2, 0.25) is 0 Å². The minimum absolute atomic E-state index is 1.14. The highest BCUT2D eigenvalue weighted by Crippen LogP contribution is 2.47. The molecular weight excluding hydrogens is 749 g/mol. The molecular formula is C60H38N2. The molecule has 0 aliphatic heterocycles. The lowest BCUT2D eigenvalue weighted by molar-refractivity contribution is 1.18. The van der Waals surface area contributed by atoms with Crippen molar-refractivity contribution in [3.8, 4) is 44.8 Å². The van der Waals surface area contributed by atoms with E-state index in [0.717, 1.165) is 11.4 Å². The molecule has 2 heteroatoms. The van der Waals surface area contributed by atoms with Crippen molar-refractivity contribution >= 4 is 75.9 Å². The zero-order valence-electron chi connectivity index (χ0n) is 33.8. The molecule has 0 fully saturated rings. The van der Waals surface area contributed by atoms with Crippen molar-refractivity contribution < 1.29 is 0 Å². The van der Waals surface area contributed by atoms with Crippen molar-refractivity contribution in [1.82, 2.24) is 9.13 Å². The molecule has 0 spiro atoms. The van der Waals surface area contributed by atoms with Gasteiger partial charge in [-0.25, -0.2) is 0 Å². The van der Waals surface area contributed by atoms with E-state index in [2.05, 4.69) is 240 Å². The van der Waals surface area contributed by atoms with E-state index >= 15 is 0 Å². The van der Waals surface area contributed by atoms with Crippen LogP contribution >= 0.6 is 0 Å². The first-order valence-corrected chi connectivity index (χ1v) is 21.4. The molecule has 0 bridgehead atoms. The standard InChI is InChI=1S/C60H38N2/c1-3-17-39(18-4-1)40-31-33-43(34-32-40)61-57-30-16-14-28-51(57)59-49-26-11-9-23-46(49)54(38-58(59)61)53-37-55-48-25-13-15-29-56(48)62(60(55)50-27-12-10-24-47(50)53)44-35-42-21-7-8-22-45(42)52(36-44)41-19-5-2-6-20-41/h1-38H. The number of fused-ring (bicyclic) bond motifs is 11. The predicted molar refractivity (Wildman–Crippen MR) is 264 cm³/mol. The summed E-state index contributed by atoms with van der Waals surface area (Å²) in [6, 6.07) is 84.8. The highest BCUT2D eigenvalue weighted by atomic mass is 15.0. The molecule has 288 valence electrons. The van der Waals surface area contributed by atoms with Gasteiger partial charge in [0.25, 0.3) is 0 Å². The van der Waals surface area contributed by atoms with Crippen LogP contribution in [-0.4, -0.2) is 9.13 Å². The van der Waals surface area contributed by atoms with Crippen LogP contribution in [-0.2, 0) is 0 Å². The lowest BCUT2D eigenvalue weighted by Gasteiger charge is -2.17. The van der Waals surface area contributed by atoms with Crippen LogP contribution in [0.25, 0.3) is 121 Å². The Labute approximate surface area is 358 Å². The topological polar surface area (TPSA) is 9.86 Å². The molecule has 0 saturated heterocycles. The van der Waals surface area contributed by atoms with Crippen LogP contribution in [0.4, 0.5) is 0 Å². The van der Waals surface area contributed by atoms with Gasteiger partial charge in [-0.05, 0) is 109 Å². The largest absolute Gasteiger partial charge is 0.309 e. The van der Waals surface area contributed by atoms with Crippen LogP contribution in [0, 0.1) is 0 Å². The number of nitrogens with zero attached hydrogens (tertiary/aromatic N) is 2. The fourth-order valence-corrected chi connectivity index (χ4v) is 10.4. The molecule has 0 atom stereocenters. The molecule has 13 aromatic rings. The van der Waals surface area contributed by atoms with Gasteiger partial charge < -0.3 is 9.13 Å². The fourth-order valence-electron chi connectivity index (χ4n) is 10.4. The third-order valence-electron chi connectivity index (χ3n) is 13.1. The highest BCUT2D eigenvalue weighted by Gasteiger charge is 2.22. The number of benzene rings is 11. The minimum atomic E-state index is 1.14. The van der Waals surface area contributed by atoms with Crippen LogP contribution in [0.2, 0.25) is 0 Å². The summed E-state index contributed by atoms with van der Waals surface area (Å²) in [6.45, 7) is 0. The SMILES string of the molecule is c1ccc(-c2ccc(-n3c4ccccc4c4c5ccccc5c(-c5cc6c7ccccc7n(-c7cc(-c8ccccc8)c8ccccc8c7)c6c6ccccc56)cc43)cc2)cc1. The van der Waals surface area contributed by atoms with E-state index in [0.29, 0.717) is 0 Å². The van der Waals surface area contributed by atoms with Gasteiger partial charge in [-0.15, -0.1) is 0 Å². The maximum Gasteiger partial charge on any atom is 0.0619 e. The van der Waals surface area contributed by atoms with E-state index in [1.54, 1.807) is 0 Å². The summed E-state index contributed by atoms with van der Waals surface area (Å²) in [5, 5.41) is 12.4. The second-order valence-corrected chi connectivity index (χ2v) is 16.4. The fraction of sp³-hybridized carbons (Fsp3) is 0. The molecule has 0 unspecified atom stereocenters. The van der Waals surface area contributed by atoms with Gasteiger partial charge in [-0.2, -0.15) is 0 Å². The molecule has 2 aromatic heterocycles. The number of hydrogen-bond donors (Lipinski definition) is 0. The van der Waals surface area contributed by atoms with Gasteiger partial charge in [-0.3, -0.25) is 0 Å². The summed E-state index contributed by atoms with van der Waals surface area (Å²) in [7, 11) is 0. The summed E-state index contributed by atoms with van der Waals surface area (Å²) in [5.41, 5.74) is 14.4. The van der Waals surface area contributed by atoms with E-state index in [1.807, 2.05) is 0 Å². The van der Waals surface area contributed by atoms with Gasteiger partial charge >= 0.3 is 0 Å². The molecule has 0 saturated carbocycles. The van der Waals surface area contributed by atoms with Gasteiger partial charge in [-0.1, -0.05) is 182 Å². The molecule has 0 radical (unpaired) electrons. The summed E-state index contributed by atoms with van der Waals surface area (Å²) in [5.74, 6) is 0. The Hall–Kier alpha value is -8.20. The Kier molecular flexibility index (Phi) is 7.64. The average Bonchev–Trinajstić information content (AvgIpc) is 3.87. The van der Waals surface area contributed by atoms with Crippen LogP contribution in [0.15, 0.2) is 231 Å². The van der Waals surface area contributed by atoms with E-state index < -0.39 is 0 Å². The average molecular weight is 787 g/mol. The van der Waals surface area contributed by atoms with Gasteiger partial charge in [0, 0.05) is 38.3 Å². The summed E-state index contributed by atoms with van der Waals surface area (Å²) < 4.78 is 4.97. The maximum absolute atomic E-state index is 2.51. The molecule has 13 rings (SSSR count). The Morgan fingerprint density at radius 2 is 0.758 bits per heavy atom. The van der Waals surface area contributed by atoms with Crippen molar-refractivity contribution in [3.63, 3.8) is 0 Å². The zero-order chi connectivity index (χ0) is 40.7. The van der Waals surface area contributed by atoms with Gasteiger partial charge in [0.15, 0.2) is 0 Å². The summed E-state index contributed by atoms with van der Waals surface area (Å²) >= 11 is 0. The second-order valence-electron chi connectivity index (χ2n) is 16.4. The highest BCUT2D eigenvalue weighted by molar-refractivity contribution is 6.28. The van der Waals surface area contributed by atoms with Crippen molar-refractivity contribution in [2.75, 3.05) is 0 Å². The molecule has 0 N–H and O–H groups in total. The van der Waals surface area contributed by atoms with Crippen molar-refractivity contribution in [1.29, 1.82) is 0 Å². The van der Waals surface area contributed by atoms with Crippen LogP contribution < -0.4 is 0 Å². The molecule has 0 amide bonds. The normalized spacial score (nSPS) is 11.9. The van der Waals surface area contributed by atoms with Gasteiger partial charge in [0.1, 0.15) is 0 Å². The molecule has 0 aliphatic carbocycles. The van der Waals surface area contributed by atoms with E-state index in [1.165, 1.54) is 109 Å². The lowest BCUT2D eigenvalue weighted by atomic mass is 9.90. The van der Waals surface area contributed by atoms with E-state index in [9.17, 15) is 0 Å². The monoisotopic (exact) mass is 786 g/mol. The van der Waals surface area contributed by atoms with Crippen molar-refractivity contribution in [3.05, 3.63) is 231 Å². The van der Waals surface area contributed by atoms with E-state index in [-0.39, 0.29) is 0 Å². The second kappa shape index (κ2) is 13.7. The van der Waals surface area contributed by atoms with Crippen LogP contribution in [0.1, 0.15) is 0 Å². The molecule has 0 aliphatic rings. The molecule has 2 heterocycles. The molecule has 2 nitrogen and oxygen atoms in total. The first-order chi connectivity index (χ1) is 30.8. The van der Waals surface area contributed by atoms with Crippen molar-refractivity contribution in [2.45, 2.75) is 0 Å². The van der Waals surface area contributed by atoms with E-state index in [4.69, 9.17) is 0 Å². The number of rotatable bonds is 5. The minimum Gasteiger partial charge on any atom is -0.309 e. The first kappa shape index (κ1) is 34.6. The Bertz CT molecular complexity index is 3890. The lowest BCUT2D eigenvalue weighted by Crippen LogP contribution is -1.97. The third-order valence-corrected chi connectivity index (χ3v) is 13.1. The Morgan fingerprint density at radius 1 is 0.242 bits per heavy atom. The quantitative estimate of drug-likeness (QED) is 0.164. The first-order valence-electron chi connectivity index (χ1n) is 21.4. The number of hydrogen-bond acceptors (Lipinski definition) is 0. The van der Waals surface area contributed by atoms with Crippen molar-refractivity contribution in [2.24, 2.45) is 0 Å². The summed E-state index contributed by atoms with van der Waals surface area (Å²) in [4.78, 5) is 0. The molecule has 62 heavy (non-hydrogen) atoms. The van der Waals surface area contributed by atoms with Crippen LogP contribution in [0.3, 0.4) is 0 Å². The summed E-state index contributed by atoms with van der Waals surface area (Å²) in [6.07, 6.45) is 0. The molecule has 11 aromatic carbocycles. The zero-order valence-corrected chi connectivity index (χ0v) is 33.8. The Balaban J connectivity index is 1.11.